The molecule has 2 atom stereocenters. The number of carbonyl (C=O) groups excluding carboxylic acids is 1. The van der Waals surface area contributed by atoms with E-state index < -0.39 is 11.4 Å². The van der Waals surface area contributed by atoms with Gasteiger partial charge in [0.05, 0.1) is 11.5 Å². The maximum Gasteiger partial charge on any atom is 0.310 e. The van der Waals surface area contributed by atoms with Crippen LogP contribution in [0.3, 0.4) is 0 Å². The van der Waals surface area contributed by atoms with Crippen LogP contribution in [0.1, 0.15) is 26.7 Å². The smallest absolute Gasteiger partial charge is 0.310 e. The molecule has 0 spiro atoms. The molecule has 6 heteroatoms. The molecule has 2 unspecified atom stereocenters. The minimum atomic E-state index is -0.789. The van der Waals surface area contributed by atoms with Gasteiger partial charge < -0.3 is 15.2 Å². The lowest BCUT2D eigenvalue weighted by Gasteiger charge is -2.25. The highest BCUT2D eigenvalue weighted by atomic mass is 16.5. The number of likely N-dealkylation sites (tertiary alicyclic amines) is 1. The van der Waals surface area contributed by atoms with Crippen LogP contribution in [0.4, 0.5) is 0 Å². The number of aliphatic carboxylic acids is 1. The number of carbonyl (C=O) groups is 2. The number of rotatable bonds is 7. The van der Waals surface area contributed by atoms with Crippen LogP contribution in [0.5, 0.6) is 0 Å². The molecule has 1 rings (SSSR count). The fourth-order valence-electron chi connectivity index (χ4n) is 2.24. The van der Waals surface area contributed by atoms with E-state index in [2.05, 4.69) is 5.32 Å². The Kier molecular flexibility index (Phi) is 5.75. The number of carboxylic acids is 1. The van der Waals surface area contributed by atoms with Crippen molar-refractivity contribution in [3.05, 3.63) is 0 Å². The van der Waals surface area contributed by atoms with Gasteiger partial charge in [0, 0.05) is 33.4 Å². The van der Waals surface area contributed by atoms with E-state index in [-0.39, 0.29) is 11.9 Å². The maximum atomic E-state index is 11.9. The van der Waals surface area contributed by atoms with Crippen molar-refractivity contribution in [2.75, 3.05) is 33.4 Å². The van der Waals surface area contributed by atoms with E-state index in [4.69, 9.17) is 4.74 Å². The zero-order valence-corrected chi connectivity index (χ0v) is 11.9. The van der Waals surface area contributed by atoms with Crippen LogP contribution >= 0.6 is 0 Å². The summed E-state index contributed by atoms with van der Waals surface area (Å²) in [6.07, 6.45) is 1.37. The van der Waals surface area contributed by atoms with Crippen LogP contribution in [0.25, 0.3) is 0 Å². The second-order valence-corrected chi connectivity index (χ2v) is 5.40. The van der Waals surface area contributed by atoms with Gasteiger partial charge in [-0.2, -0.15) is 0 Å². The Morgan fingerprint density at radius 1 is 1.53 bits per heavy atom. The average Bonchev–Trinajstić information content (AvgIpc) is 2.77. The topological polar surface area (TPSA) is 78.9 Å². The SMILES string of the molecule is COCCCNC(=O)C(C)N1CCC(C)(C(=O)O)C1. The molecule has 1 amide bonds. The Balaban J connectivity index is 2.40. The lowest BCUT2D eigenvalue weighted by molar-refractivity contribution is -0.147. The molecule has 0 radical (unpaired) electrons. The number of amides is 1. The molecule has 2 N–H and O–H groups in total. The van der Waals surface area contributed by atoms with E-state index in [1.54, 1.807) is 14.0 Å². The van der Waals surface area contributed by atoms with Gasteiger partial charge in [-0.15, -0.1) is 0 Å². The zero-order valence-electron chi connectivity index (χ0n) is 11.9. The molecule has 6 nitrogen and oxygen atoms in total. The van der Waals surface area contributed by atoms with E-state index >= 15 is 0 Å². The predicted octanol–water partition coefficient (Wildman–Crippen LogP) is 0.324. The standard InChI is InChI=1S/C13H24N2O4/c1-10(11(16)14-6-4-8-19-3)15-7-5-13(2,9-15)12(17)18/h10H,4-9H2,1-3H3,(H,14,16)(H,17,18). The number of hydrogen-bond donors (Lipinski definition) is 2. The maximum absolute atomic E-state index is 11.9. The predicted molar refractivity (Wildman–Crippen MR) is 70.9 cm³/mol. The molecule has 0 aromatic rings. The Labute approximate surface area is 114 Å². The van der Waals surface area contributed by atoms with Crippen molar-refractivity contribution in [1.82, 2.24) is 10.2 Å². The van der Waals surface area contributed by atoms with Crippen LogP contribution in [0.15, 0.2) is 0 Å². The lowest BCUT2D eigenvalue weighted by atomic mass is 9.90. The van der Waals surface area contributed by atoms with Crippen LogP contribution in [-0.4, -0.2) is 61.3 Å². The molecule has 1 aliphatic rings. The van der Waals surface area contributed by atoms with Crippen molar-refractivity contribution in [2.45, 2.75) is 32.7 Å². The molecule has 0 aliphatic carbocycles. The van der Waals surface area contributed by atoms with Gasteiger partial charge >= 0.3 is 5.97 Å². The molecule has 0 bridgehead atoms. The Bertz CT molecular complexity index is 335. The second kappa shape index (κ2) is 6.86. The van der Waals surface area contributed by atoms with Gasteiger partial charge in [-0.3, -0.25) is 14.5 Å². The molecule has 1 aliphatic heterocycles. The third kappa shape index (κ3) is 4.18. The molecule has 0 saturated carbocycles. The Morgan fingerprint density at radius 3 is 2.74 bits per heavy atom. The molecule has 1 fully saturated rings. The molecule has 0 aromatic heterocycles. The monoisotopic (exact) mass is 272 g/mol. The van der Waals surface area contributed by atoms with Gasteiger partial charge in [0.2, 0.25) is 5.91 Å². The van der Waals surface area contributed by atoms with Gasteiger partial charge in [-0.05, 0) is 26.7 Å². The third-order valence-electron chi connectivity index (χ3n) is 3.77. The fraction of sp³-hybridized carbons (Fsp3) is 0.846. The number of carboxylic acid groups (broad SMARTS) is 1. The minimum absolute atomic E-state index is 0.0502. The number of nitrogens with one attached hydrogen (secondary N) is 1. The van der Waals surface area contributed by atoms with Crippen molar-refractivity contribution in [1.29, 1.82) is 0 Å². The quantitative estimate of drug-likeness (QED) is 0.653. The molecule has 0 aromatic carbocycles. The third-order valence-corrected chi connectivity index (χ3v) is 3.77. The summed E-state index contributed by atoms with van der Waals surface area (Å²) in [5, 5.41) is 12.0. The second-order valence-electron chi connectivity index (χ2n) is 5.40. The van der Waals surface area contributed by atoms with Crippen LogP contribution in [0, 0.1) is 5.41 Å². The molecule has 110 valence electrons. The number of ether oxygens (including phenoxy) is 1. The number of nitrogens with zero attached hydrogens (tertiary/aromatic N) is 1. The number of methoxy groups -OCH3 is 1. The van der Waals surface area contributed by atoms with Crippen molar-refractivity contribution in [3.8, 4) is 0 Å². The summed E-state index contributed by atoms with van der Waals surface area (Å²) in [7, 11) is 1.63. The van der Waals surface area contributed by atoms with E-state index in [9.17, 15) is 14.7 Å². The van der Waals surface area contributed by atoms with Crippen LogP contribution in [-0.2, 0) is 14.3 Å². The van der Waals surface area contributed by atoms with Gasteiger partial charge in [-0.1, -0.05) is 0 Å². The van der Waals surface area contributed by atoms with E-state index in [1.807, 2.05) is 11.8 Å². The minimum Gasteiger partial charge on any atom is -0.481 e. The van der Waals surface area contributed by atoms with Gasteiger partial charge in [-0.25, -0.2) is 0 Å². The van der Waals surface area contributed by atoms with Crippen molar-refractivity contribution in [3.63, 3.8) is 0 Å². The van der Waals surface area contributed by atoms with E-state index in [1.165, 1.54) is 0 Å². The average molecular weight is 272 g/mol. The number of hydrogen-bond acceptors (Lipinski definition) is 4. The summed E-state index contributed by atoms with van der Waals surface area (Å²) < 4.78 is 4.91. The van der Waals surface area contributed by atoms with Gasteiger partial charge in [0.15, 0.2) is 0 Å². The Hall–Kier alpha value is -1.14. The summed E-state index contributed by atoms with van der Waals surface area (Å²) in [4.78, 5) is 25.0. The van der Waals surface area contributed by atoms with Gasteiger partial charge in [0.1, 0.15) is 0 Å². The Morgan fingerprint density at radius 2 is 2.21 bits per heavy atom. The molecule has 1 saturated heterocycles. The van der Waals surface area contributed by atoms with Crippen LogP contribution < -0.4 is 5.32 Å². The molecule has 19 heavy (non-hydrogen) atoms. The summed E-state index contributed by atoms with van der Waals surface area (Å²) >= 11 is 0. The molecule has 1 heterocycles. The summed E-state index contributed by atoms with van der Waals surface area (Å²) in [5.41, 5.74) is -0.732. The van der Waals surface area contributed by atoms with Crippen molar-refractivity contribution in [2.24, 2.45) is 5.41 Å². The van der Waals surface area contributed by atoms with Gasteiger partial charge in [0.25, 0.3) is 0 Å². The van der Waals surface area contributed by atoms with E-state index in [0.29, 0.717) is 32.7 Å². The summed E-state index contributed by atoms with van der Waals surface area (Å²) in [5.74, 6) is -0.839. The first-order chi connectivity index (χ1) is 8.90. The summed E-state index contributed by atoms with van der Waals surface area (Å²) in [6, 6.07) is -0.288. The summed E-state index contributed by atoms with van der Waals surface area (Å²) in [6.45, 7) is 5.83. The molecular formula is C13H24N2O4. The van der Waals surface area contributed by atoms with Crippen molar-refractivity contribution >= 4 is 11.9 Å². The fourth-order valence-corrected chi connectivity index (χ4v) is 2.24. The van der Waals surface area contributed by atoms with Crippen LogP contribution in [0.2, 0.25) is 0 Å². The van der Waals surface area contributed by atoms with Crippen molar-refractivity contribution < 1.29 is 19.4 Å². The van der Waals surface area contributed by atoms with E-state index in [0.717, 1.165) is 6.42 Å². The lowest BCUT2D eigenvalue weighted by Crippen LogP contribution is -2.45. The normalized spacial score (nSPS) is 25.2. The highest BCUT2D eigenvalue weighted by molar-refractivity contribution is 5.81. The first kappa shape index (κ1) is 15.9. The first-order valence-corrected chi connectivity index (χ1v) is 6.65. The highest BCUT2D eigenvalue weighted by Crippen LogP contribution is 2.31. The first-order valence-electron chi connectivity index (χ1n) is 6.65. The molecular weight excluding hydrogens is 248 g/mol. The largest absolute Gasteiger partial charge is 0.481 e. The zero-order chi connectivity index (χ0) is 14.5. The highest BCUT2D eigenvalue weighted by Gasteiger charge is 2.42.